The maximum Gasteiger partial charge on any atom is 0.411 e. The predicted octanol–water partition coefficient (Wildman–Crippen LogP) is 11.5. The maximum atomic E-state index is 14.2. The summed E-state index contributed by atoms with van der Waals surface area (Å²) in [5.74, 6) is 2.32. The average molecular weight is 969 g/mol. The van der Waals surface area contributed by atoms with E-state index >= 15 is 0 Å². The number of hydrogen-bond acceptors (Lipinski definition) is 12. The van der Waals surface area contributed by atoms with E-state index in [4.69, 9.17) is 33.8 Å². The second-order valence-electron chi connectivity index (χ2n) is 19.5. The molecule has 0 bridgehead atoms. The van der Waals surface area contributed by atoms with Crippen molar-refractivity contribution in [2.75, 3.05) is 70.5 Å². The molecule has 2 aliphatic heterocycles. The lowest BCUT2D eigenvalue weighted by Gasteiger charge is -2.38. The van der Waals surface area contributed by atoms with E-state index in [0.717, 1.165) is 68.3 Å². The molecular formula is C50H76N4O9S2Si. The summed E-state index contributed by atoms with van der Waals surface area (Å²) in [7, 11) is 4.73. The number of nitrogen functional groups attached to an aromatic ring is 1. The Morgan fingerprint density at radius 2 is 1.39 bits per heavy atom. The van der Waals surface area contributed by atoms with E-state index in [9.17, 15) is 14.4 Å². The van der Waals surface area contributed by atoms with Crippen LogP contribution in [0.3, 0.4) is 0 Å². The Kier molecular flexibility index (Phi) is 19.1. The number of methoxy groups -OCH3 is 2. The van der Waals surface area contributed by atoms with Gasteiger partial charge in [-0.2, -0.15) is 0 Å². The fourth-order valence-electron chi connectivity index (χ4n) is 8.33. The molecule has 366 valence electrons. The van der Waals surface area contributed by atoms with Gasteiger partial charge in [0.1, 0.15) is 6.61 Å². The fourth-order valence-corrected chi connectivity index (χ4v) is 12.6. The molecule has 1 saturated carbocycles. The van der Waals surface area contributed by atoms with Crippen LogP contribution in [0.15, 0.2) is 48.6 Å². The number of rotatable bonds is 23. The van der Waals surface area contributed by atoms with Crippen LogP contribution in [-0.2, 0) is 9.16 Å². The minimum absolute atomic E-state index is 0.0186. The monoisotopic (exact) mass is 968 g/mol. The lowest BCUT2D eigenvalue weighted by atomic mass is 10.1. The van der Waals surface area contributed by atoms with E-state index < -0.39 is 14.4 Å². The smallest absolute Gasteiger partial charge is 0.411 e. The van der Waals surface area contributed by atoms with E-state index in [1.165, 1.54) is 7.11 Å². The van der Waals surface area contributed by atoms with Crippen molar-refractivity contribution in [2.24, 2.45) is 0 Å². The number of ether oxygens (including phenoxy) is 5. The summed E-state index contributed by atoms with van der Waals surface area (Å²) in [6, 6.07) is 6.52. The van der Waals surface area contributed by atoms with Gasteiger partial charge in [0, 0.05) is 42.7 Å². The highest BCUT2D eigenvalue weighted by Gasteiger charge is 2.41. The number of carbonyl (C=O) groups is 3. The molecule has 16 heteroatoms. The number of unbranched alkanes of at least 4 members (excludes halogenated alkanes) is 2. The zero-order chi connectivity index (χ0) is 48.2. The molecule has 0 spiro atoms. The Morgan fingerprint density at radius 3 is 1.97 bits per heavy atom. The molecule has 5 rings (SSSR count). The quantitative estimate of drug-likeness (QED) is 0.0359. The van der Waals surface area contributed by atoms with E-state index in [-0.39, 0.29) is 33.7 Å². The first kappa shape index (κ1) is 53.0. The summed E-state index contributed by atoms with van der Waals surface area (Å²) in [5.41, 5.74) is 9.76. The molecule has 2 aromatic carbocycles. The number of likely N-dealkylation sites (tertiary alicyclic amines) is 2. The van der Waals surface area contributed by atoms with Crippen LogP contribution in [0, 0.1) is 0 Å². The molecule has 3 fully saturated rings. The van der Waals surface area contributed by atoms with Crippen LogP contribution in [0.1, 0.15) is 126 Å². The number of hydrogen-bond donors (Lipinski definition) is 2. The zero-order valence-corrected chi connectivity index (χ0v) is 43.7. The van der Waals surface area contributed by atoms with Crippen LogP contribution < -0.4 is 30.0 Å². The van der Waals surface area contributed by atoms with Crippen LogP contribution in [-0.4, -0.2) is 112 Å². The van der Waals surface area contributed by atoms with Crippen molar-refractivity contribution in [1.82, 2.24) is 9.80 Å². The van der Waals surface area contributed by atoms with Crippen molar-refractivity contribution in [3.63, 3.8) is 0 Å². The largest absolute Gasteiger partial charge is 0.493 e. The first-order valence-electron chi connectivity index (χ1n) is 23.6. The summed E-state index contributed by atoms with van der Waals surface area (Å²) in [4.78, 5) is 45.2. The van der Waals surface area contributed by atoms with Crippen LogP contribution in [0.2, 0.25) is 18.1 Å². The highest BCUT2D eigenvalue weighted by molar-refractivity contribution is 8.77. The molecule has 2 heterocycles. The number of amides is 3. The van der Waals surface area contributed by atoms with Gasteiger partial charge in [-0.05, 0) is 88.1 Å². The van der Waals surface area contributed by atoms with E-state index in [1.54, 1.807) is 31.4 Å². The van der Waals surface area contributed by atoms with Gasteiger partial charge in [0.25, 0.3) is 11.8 Å². The minimum Gasteiger partial charge on any atom is -0.493 e. The normalized spacial score (nSPS) is 18.4. The summed E-state index contributed by atoms with van der Waals surface area (Å²) in [5, 5.41) is 2.96. The van der Waals surface area contributed by atoms with Gasteiger partial charge >= 0.3 is 6.09 Å². The van der Waals surface area contributed by atoms with Crippen molar-refractivity contribution in [3.8, 4) is 23.0 Å². The summed E-state index contributed by atoms with van der Waals surface area (Å²) in [6.07, 6.45) is 9.09. The Morgan fingerprint density at radius 1 is 0.833 bits per heavy atom. The van der Waals surface area contributed by atoms with Gasteiger partial charge in [0.05, 0.1) is 61.6 Å². The van der Waals surface area contributed by atoms with Gasteiger partial charge in [-0.15, -0.1) is 0 Å². The standard InChI is InChI=1S/C50H76N4O9S2Si/c1-12-23-64-65-50(19-15-16-20-50)33-62-48(57)52-41-29-45(43(59-9)27-39(41)47(56)53-30-34(3)24-36(53)13-2)61-22-18-14-17-21-60-44-28-40(51)38(26-42(44)58-8)46(55)54-31-35(4)25-37(54)32-63-66(10,11)49(5,6)7/h26-29,36-37H,3-4,12-25,30-33,51H2,1-2,5-11H3,(H,52,57)/t36-,37+/m1/s1. The highest BCUT2D eigenvalue weighted by Crippen LogP contribution is 2.48. The summed E-state index contributed by atoms with van der Waals surface area (Å²) in [6.45, 7) is 26.0. The SMILES string of the molecule is C=C1C[C@@H](CO[Si](C)(C)C(C)(C)C)N(C(=O)c2cc(OC)c(OCCCCCOc3cc(NC(=O)OCC4(SSCCC)CCCC4)c(C(=O)N4CC(=C)C[C@H]4CC)cc3OC)cc2N)C1. The van der Waals surface area contributed by atoms with Gasteiger partial charge < -0.3 is 43.6 Å². The lowest BCUT2D eigenvalue weighted by molar-refractivity contribution is 0.0685. The van der Waals surface area contributed by atoms with Crippen LogP contribution in [0.4, 0.5) is 16.2 Å². The van der Waals surface area contributed by atoms with Crippen molar-refractivity contribution in [2.45, 2.75) is 140 Å². The van der Waals surface area contributed by atoms with Crippen molar-refractivity contribution in [3.05, 3.63) is 59.7 Å². The van der Waals surface area contributed by atoms with E-state index in [1.807, 2.05) is 31.4 Å². The molecule has 3 N–H and O–H groups in total. The topological polar surface area (TPSA) is 151 Å². The molecule has 0 unspecified atom stereocenters. The minimum atomic E-state index is -2.02. The summed E-state index contributed by atoms with van der Waals surface area (Å²) < 4.78 is 36.1. The fraction of sp³-hybridized carbons (Fsp3) is 0.620. The van der Waals surface area contributed by atoms with E-state index in [2.05, 4.69) is 66.2 Å². The lowest BCUT2D eigenvalue weighted by Crippen LogP contribution is -2.46. The Labute approximate surface area is 403 Å². The molecule has 0 aromatic heterocycles. The molecule has 2 aromatic rings. The van der Waals surface area contributed by atoms with Crippen LogP contribution in [0.25, 0.3) is 0 Å². The Hall–Kier alpha value is -3.99. The van der Waals surface area contributed by atoms with Crippen molar-refractivity contribution < 1.29 is 42.5 Å². The first-order valence-corrected chi connectivity index (χ1v) is 28.9. The molecule has 3 aliphatic rings. The third-order valence-electron chi connectivity index (χ3n) is 13.3. The molecule has 2 atom stereocenters. The van der Waals surface area contributed by atoms with Crippen LogP contribution >= 0.6 is 21.6 Å². The summed E-state index contributed by atoms with van der Waals surface area (Å²) >= 11 is 0. The molecular weight excluding hydrogens is 893 g/mol. The zero-order valence-electron chi connectivity index (χ0n) is 41.1. The number of nitrogens with two attached hydrogens (primary N) is 1. The van der Waals surface area contributed by atoms with Crippen LogP contribution in [0.5, 0.6) is 23.0 Å². The predicted molar refractivity (Wildman–Crippen MR) is 272 cm³/mol. The second-order valence-corrected chi connectivity index (χ2v) is 27.1. The highest BCUT2D eigenvalue weighted by atomic mass is 33.1. The molecule has 66 heavy (non-hydrogen) atoms. The van der Waals surface area contributed by atoms with E-state index in [0.29, 0.717) is 104 Å². The molecule has 3 amide bonds. The molecule has 13 nitrogen and oxygen atoms in total. The second kappa shape index (κ2) is 23.8. The number of carbonyl (C=O) groups excluding carboxylic acids is 3. The Bertz CT molecular complexity index is 2040. The van der Waals surface area contributed by atoms with Gasteiger partial charge in [-0.3, -0.25) is 14.9 Å². The van der Waals surface area contributed by atoms with Gasteiger partial charge in [0.2, 0.25) is 0 Å². The average Bonchev–Trinajstić information content (AvgIpc) is 4.02. The number of benzene rings is 2. The Balaban J connectivity index is 1.19. The number of nitrogens with zero attached hydrogens (tertiary/aromatic N) is 2. The first-order chi connectivity index (χ1) is 31.3. The molecule has 2 saturated heterocycles. The van der Waals surface area contributed by atoms with Gasteiger partial charge in [-0.25, -0.2) is 4.79 Å². The molecule has 1 aliphatic carbocycles. The number of anilines is 2. The number of nitrogens with one attached hydrogen (secondary N) is 1. The third kappa shape index (κ3) is 13.6. The maximum absolute atomic E-state index is 14.2. The van der Waals surface area contributed by atoms with Crippen molar-refractivity contribution in [1.29, 1.82) is 0 Å². The third-order valence-corrected chi connectivity index (χ3v) is 21.3. The van der Waals surface area contributed by atoms with Crippen molar-refractivity contribution >= 4 is 59.2 Å². The molecule has 0 radical (unpaired) electrons. The van der Waals surface area contributed by atoms with Gasteiger partial charge in [-0.1, -0.05) is 93.4 Å². The van der Waals surface area contributed by atoms with Gasteiger partial charge in [0.15, 0.2) is 31.3 Å².